The normalized spacial score (nSPS) is 14.0. The molecule has 5 nitrogen and oxygen atoms in total. The van der Waals surface area contributed by atoms with Crippen molar-refractivity contribution in [1.82, 2.24) is 9.88 Å². The number of hydrogen-bond donors (Lipinski definition) is 0. The van der Waals surface area contributed by atoms with Crippen LogP contribution in [0.5, 0.6) is 5.75 Å². The van der Waals surface area contributed by atoms with E-state index in [0.717, 1.165) is 23.8 Å². The molecule has 0 unspecified atom stereocenters. The second-order valence-electron chi connectivity index (χ2n) is 7.01. The van der Waals surface area contributed by atoms with Crippen LogP contribution in [-0.2, 0) is 13.1 Å². The maximum Gasteiger partial charge on any atom is 0.260 e. The minimum atomic E-state index is 0.0181. The molecule has 0 fully saturated rings. The fourth-order valence-corrected chi connectivity index (χ4v) is 4.65. The van der Waals surface area contributed by atoms with Crippen LogP contribution >= 0.6 is 11.3 Å². The van der Waals surface area contributed by atoms with Gasteiger partial charge in [-0.25, -0.2) is 0 Å². The van der Waals surface area contributed by atoms with Gasteiger partial charge in [-0.15, -0.1) is 11.3 Å². The number of pyridine rings is 1. The first-order valence-corrected chi connectivity index (χ1v) is 10.0. The quantitative estimate of drug-likeness (QED) is 0.660. The molecule has 1 aromatic carbocycles. The zero-order chi connectivity index (χ0) is 19.7. The Hall–Kier alpha value is -2.70. The standard InChI is InChI=1S/C22H23N3O2S/c1-15-16(2)28-22-20(15)13-24(12-17-8-10-23-11-9-17)14-25(22)21(26)18-4-6-19(27-3)7-5-18/h4-11H,12-14H2,1-3H3. The molecule has 4 rings (SSSR count). The summed E-state index contributed by atoms with van der Waals surface area (Å²) in [5.74, 6) is 0.766. The first kappa shape index (κ1) is 18.7. The minimum Gasteiger partial charge on any atom is -0.497 e. The van der Waals surface area contributed by atoms with E-state index in [-0.39, 0.29) is 5.91 Å². The van der Waals surface area contributed by atoms with Gasteiger partial charge in [0.05, 0.1) is 13.8 Å². The third-order valence-electron chi connectivity index (χ3n) is 5.19. The molecule has 0 saturated heterocycles. The summed E-state index contributed by atoms with van der Waals surface area (Å²) in [4.78, 5) is 22.9. The summed E-state index contributed by atoms with van der Waals surface area (Å²) in [7, 11) is 1.63. The lowest BCUT2D eigenvalue weighted by Gasteiger charge is -2.35. The second kappa shape index (κ2) is 7.73. The number of methoxy groups -OCH3 is 1. The van der Waals surface area contributed by atoms with Crippen LogP contribution in [0, 0.1) is 13.8 Å². The number of amides is 1. The summed E-state index contributed by atoms with van der Waals surface area (Å²) in [6.07, 6.45) is 3.62. The van der Waals surface area contributed by atoms with Gasteiger partial charge in [-0.1, -0.05) is 0 Å². The molecule has 0 saturated carbocycles. The summed E-state index contributed by atoms with van der Waals surface area (Å²) in [5.41, 5.74) is 4.40. The number of nitrogens with zero attached hydrogens (tertiary/aromatic N) is 3. The van der Waals surface area contributed by atoms with Gasteiger partial charge in [0.25, 0.3) is 5.91 Å². The molecule has 1 aliphatic heterocycles. The fraction of sp³-hybridized carbons (Fsp3) is 0.273. The molecule has 0 aliphatic carbocycles. The Morgan fingerprint density at radius 1 is 1.14 bits per heavy atom. The Balaban J connectivity index is 1.66. The Kier molecular flexibility index (Phi) is 5.15. The van der Waals surface area contributed by atoms with Gasteiger partial charge in [-0.3, -0.25) is 19.6 Å². The van der Waals surface area contributed by atoms with Gasteiger partial charge in [0.1, 0.15) is 10.8 Å². The number of fused-ring (bicyclic) bond motifs is 1. The van der Waals surface area contributed by atoms with E-state index >= 15 is 0 Å². The van der Waals surface area contributed by atoms with Crippen LogP contribution in [0.4, 0.5) is 5.00 Å². The fourth-order valence-electron chi connectivity index (χ4n) is 3.50. The average molecular weight is 394 g/mol. The highest BCUT2D eigenvalue weighted by Gasteiger charge is 2.31. The SMILES string of the molecule is COc1ccc(C(=O)N2CN(Cc3ccncc3)Cc3c2sc(C)c3C)cc1. The van der Waals surface area contributed by atoms with Crippen molar-refractivity contribution in [3.63, 3.8) is 0 Å². The smallest absolute Gasteiger partial charge is 0.260 e. The van der Waals surface area contributed by atoms with Crippen LogP contribution in [0.3, 0.4) is 0 Å². The summed E-state index contributed by atoms with van der Waals surface area (Å²) in [6.45, 7) is 6.47. The molecule has 3 heterocycles. The van der Waals surface area contributed by atoms with Crippen LogP contribution in [0.15, 0.2) is 48.8 Å². The molecule has 3 aromatic rings. The molecule has 28 heavy (non-hydrogen) atoms. The van der Waals surface area contributed by atoms with E-state index in [2.05, 4.69) is 23.7 Å². The van der Waals surface area contributed by atoms with E-state index in [0.29, 0.717) is 12.2 Å². The number of thiophene rings is 1. The molecule has 0 bridgehead atoms. The highest BCUT2D eigenvalue weighted by atomic mass is 32.1. The Bertz CT molecular complexity index is 983. The van der Waals surface area contributed by atoms with Crippen molar-refractivity contribution in [3.8, 4) is 5.75 Å². The predicted octanol–water partition coefficient (Wildman–Crippen LogP) is 4.39. The van der Waals surface area contributed by atoms with Crippen molar-refractivity contribution >= 4 is 22.2 Å². The molecule has 1 amide bonds. The third-order valence-corrected chi connectivity index (χ3v) is 6.47. The van der Waals surface area contributed by atoms with Crippen LogP contribution < -0.4 is 9.64 Å². The number of carbonyl (C=O) groups is 1. The number of anilines is 1. The zero-order valence-corrected chi connectivity index (χ0v) is 17.1. The Labute approximate surface area is 169 Å². The molecule has 6 heteroatoms. The van der Waals surface area contributed by atoms with Crippen LogP contribution in [-0.4, -0.2) is 29.6 Å². The Morgan fingerprint density at radius 3 is 2.54 bits per heavy atom. The number of hydrogen-bond acceptors (Lipinski definition) is 5. The summed E-state index contributed by atoms with van der Waals surface area (Å²) in [5, 5.41) is 1.07. The summed E-state index contributed by atoms with van der Waals surface area (Å²) >= 11 is 1.71. The molecule has 2 aromatic heterocycles. The first-order valence-electron chi connectivity index (χ1n) is 9.23. The van der Waals surface area contributed by atoms with E-state index in [1.807, 2.05) is 53.7 Å². The largest absolute Gasteiger partial charge is 0.497 e. The monoisotopic (exact) mass is 393 g/mol. The van der Waals surface area contributed by atoms with E-state index < -0.39 is 0 Å². The van der Waals surface area contributed by atoms with Gasteiger partial charge in [0, 0.05) is 41.5 Å². The highest BCUT2D eigenvalue weighted by Crippen LogP contribution is 2.40. The maximum absolute atomic E-state index is 13.3. The van der Waals surface area contributed by atoms with Crippen LogP contribution in [0.2, 0.25) is 0 Å². The van der Waals surface area contributed by atoms with E-state index in [1.54, 1.807) is 18.4 Å². The Morgan fingerprint density at radius 2 is 1.86 bits per heavy atom. The number of aromatic nitrogens is 1. The lowest BCUT2D eigenvalue weighted by atomic mass is 10.1. The molecule has 0 spiro atoms. The number of carbonyl (C=O) groups excluding carboxylic acids is 1. The molecule has 1 aliphatic rings. The average Bonchev–Trinajstić information content (AvgIpc) is 3.02. The van der Waals surface area contributed by atoms with Crippen LogP contribution in [0.1, 0.15) is 31.9 Å². The number of rotatable bonds is 4. The van der Waals surface area contributed by atoms with Gasteiger partial charge < -0.3 is 4.74 Å². The van der Waals surface area contributed by atoms with Crippen molar-refractivity contribution < 1.29 is 9.53 Å². The molecule has 144 valence electrons. The lowest BCUT2D eigenvalue weighted by molar-refractivity contribution is 0.0957. The molecule has 0 atom stereocenters. The molecular weight excluding hydrogens is 370 g/mol. The van der Waals surface area contributed by atoms with Crippen molar-refractivity contribution in [2.45, 2.75) is 26.9 Å². The first-order chi connectivity index (χ1) is 13.6. The van der Waals surface area contributed by atoms with Gasteiger partial charge in [0.2, 0.25) is 0 Å². The maximum atomic E-state index is 13.3. The van der Waals surface area contributed by atoms with Crippen molar-refractivity contribution in [2.24, 2.45) is 0 Å². The lowest BCUT2D eigenvalue weighted by Crippen LogP contribution is -2.44. The molecule has 0 N–H and O–H groups in total. The minimum absolute atomic E-state index is 0.0181. The number of benzene rings is 1. The van der Waals surface area contributed by atoms with Gasteiger partial charge in [-0.05, 0) is 61.4 Å². The predicted molar refractivity (Wildman–Crippen MR) is 112 cm³/mol. The van der Waals surface area contributed by atoms with Gasteiger partial charge >= 0.3 is 0 Å². The van der Waals surface area contributed by atoms with Crippen molar-refractivity contribution in [1.29, 1.82) is 0 Å². The van der Waals surface area contributed by atoms with Crippen LogP contribution in [0.25, 0.3) is 0 Å². The van der Waals surface area contributed by atoms with E-state index in [9.17, 15) is 4.79 Å². The second-order valence-corrected chi connectivity index (χ2v) is 8.22. The van der Waals surface area contributed by atoms with E-state index in [1.165, 1.54) is 21.6 Å². The third kappa shape index (κ3) is 3.53. The van der Waals surface area contributed by atoms with E-state index in [4.69, 9.17) is 4.74 Å². The summed E-state index contributed by atoms with van der Waals surface area (Å²) < 4.78 is 5.22. The molecule has 0 radical (unpaired) electrons. The van der Waals surface area contributed by atoms with Crippen molar-refractivity contribution in [2.75, 3.05) is 18.7 Å². The molecular formula is C22H23N3O2S. The topological polar surface area (TPSA) is 45.7 Å². The highest BCUT2D eigenvalue weighted by molar-refractivity contribution is 7.16. The number of ether oxygens (including phenoxy) is 1. The summed E-state index contributed by atoms with van der Waals surface area (Å²) in [6, 6.07) is 11.4. The number of aryl methyl sites for hydroxylation is 1. The van der Waals surface area contributed by atoms with Gasteiger partial charge in [0.15, 0.2) is 0 Å². The zero-order valence-electron chi connectivity index (χ0n) is 16.3. The van der Waals surface area contributed by atoms with Crippen molar-refractivity contribution in [3.05, 3.63) is 75.9 Å². The van der Waals surface area contributed by atoms with Gasteiger partial charge in [-0.2, -0.15) is 0 Å².